The Bertz CT molecular complexity index is 59.5. The Morgan fingerprint density at radius 3 is 2.38 bits per heavy atom. The number of ether oxygens (including phenoxy) is 1. The summed E-state index contributed by atoms with van der Waals surface area (Å²) in [5.41, 5.74) is 0. The summed E-state index contributed by atoms with van der Waals surface area (Å²) < 4.78 is 5.18. The third-order valence-electron chi connectivity index (χ3n) is 1.70. The van der Waals surface area contributed by atoms with Crippen LogP contribution in [0, 0.1) is 0 Å². The minimum atomic E-state index is 0.961. The van der Waals surface area contributed by atoms with Crippen molar-refractivity contribution < 1.29 is 9.64 Å². The Labute approximate surface area is 50.4 Å². The zero-order valence-corrected chi connectivity index (χ0v) is 5.44. The van der Waals surface area contributed by atoms with Crippen LogP contribution >= 0.6 is 0 Å². The van der Waals surface area contributed by atoms with Crippen molar-refractivity contribution >= 4 is 0 Å². The summed E-state index contributed by atoms with van der Waals surface area (Å²) >= 11 is 0. The highest BCUT2D eigenvalue weighted by Gasteiger charge is 2.09. The van der Waals surface area contributed by atoms with Crippen LogP contribution in [0.4, 0.5) is 0 Å². The fourth-order valence-corrected chi connectivity index (χ4v) is 1.01. The van der Waals surface area contributed by atoms with Gasteiger partial charge >= 0.3 is 0 Å². The molecule has 2 heteroatoms. The van der Waals surface area contributed by atoms with E-state index in [9.17, 15) is 0 Å². The maximum Gasteiger partial charge on any atom is 0.101 e. The normalized spacial score (nSPS) is 23.6. The molecule has 2 nitrogen and oxygen atoms in total. The zero-order chi connectivity index (χ0) is 5.82. The molecule has 48 valence electrons. The van der Waals surface area contributed by atoms with Crippen molar-refractivity contribution in [1.82, 2.24) is 0 Å². The first-order valence-corrected chi connectivity index (χ1v) is 3.35. The molecule has 1 rings (SSSR count). The zero-order valence-electron chi connectivity index (χ0n) is 5.44. The van der Waals surface area contributed by atoms with Gasteiger partial charge in [-0.2, -0.15) is 0 Å². The first-order valence-electron chi connectivity index (χ1n) is 3.35. The number of likely N-dealkylation sites (N-methyl/N-ethyl adjacent to an activating group) is 1. The molecule has 0 spiro atoms. The molecule has 0 radical (unpaired) electrons. The maximum absolute atomic E-state index is 5.18. The highest BCUT2D eigenvalue weighted by Crippen LogP contribution is 1.73. The van der Waals surface area contributed by atoms with E-state index in [0.717, 1.165) is 13.2 Å². The van der Waals surface area contributed by atoms with Crippen molar-refractivity contribution in [2.45, 2.75) is 6.92 Å². The van der Waals surface area contributed by atoms with E-state index < -0.39 is 0 Å². The largest absolute Gasteiger partial charge is 0.370 e. The Hall–Kier alpha value is -0.0800. The topological polar surface area (TPSA) is 13.7 Å². The van der Waals surface area contributed by atoms with Gasteiger partial charge in [0.05, 0.1) is 19.8 Å². The van der Waals surface area contributed by atoms with E-state index in [-0.39, 0.29) is 0 Å². The molecule has 0 aliphatic carbocycles. The highest BCUT2D eigenvalue weighted by molar-refractivity contribution is 4.36. The summed E-state index contributed by atoms with van der Waals surface area (Å²) in [6.45, 7) is 7.81. The Kier molecular flexibility index (Phi) is 2.30. The van der Waals surface area contributed by atoms with Crippen molar-refractivity contribution in [2.75, 3.05) is 32.8 Å². The summed E-state index contributed by atoms with van der Waals surface area (Å²) in [5, 5.41) is 0. The minimum Gasteiger partial charge on any atom is -0.370 e. The van der Waals surface area contributed by atoms with Gasteiger partial charge in [-0.3, -0.25) is 0 Å². The average Bonchev–Trinajstić information content (AvgIpc) is 1.90. The van der Waals surface area contributed by atoms with Gasteiger partial charge in [-0.25, -0.2) is 0 Å². The lowest BCUT2D eigenvalue weighted by Gasteiger charge is -2.21. The van der Waals surface area contributed by atoms with Crippen LogP contribution in [0.3, 0.4) is 0 Å². The predicted molar refractivity (Wildman–Crippen MR) is 32.1 cm³/mol. The standard InChI is InChI=1S/C6H13NO/c1-2-7-3-5-8-6-4-7/h2-6H2,1H3/p+1. The van der Waals surface area contributed by atoms with Crippen LogP contribution in [0.1, 0.15) is 6.92 Å². The summed E-state index contributed by atoms with van der Waals surface area (Å²) in [4.78, 5) is 1.68. The monoisotopic (exact) mass is 116 g/mol. The Morgan fingerprint density at radius 1 is 1.38 bits per heavy atom. The number of quaternary nitrogens is 1. The van der Waals surface area contributed by atoms with E-state index >= 15 is 0 Å². The fraction of sp³-hybridized carbons (Fsp3) is 1.00. The predicted octanol–water partition coefficient (Wildman–Crippen LogP) is -1.08. The maximum atomic E-state index is 5.18. The van der Waals surface area contributed by atoms with E-state index in [1.54, 1.807) is 4.90 Å². The Balaban J connectivity index is 2.13. The van der Waals surface area contributed by atoms with Crippen molar-refractivity contribution in [2.24, 2.45) is 0 Å². The second-order valence-electron chi connectivity index (χ2n) is 2.22. The molecule has 1 saturated heterocycles. The molecular formula is C6H14NO+. The van der Waals surface area contributed by atoms with E-state index in [4.69, 9.17) is 4.74 Å². The summed E-state index contributed by atoms with van der Waals surface area (Å²) in [6, 6.07) is 0. The van der Waals surface area contributed by atoms with E-state index in [1.165, 1.54) is 19.6 Å². The minimum absolute atomic E-state index is 0.961. The third-order valence-corrected chi connectivity index (χ3v) is 1.70. The van der Waals surface area contributed by atoms with Crippen molar-refractivity contribution in [3.63, 3.8) is 0 Å². The van der Waals surface area contributed by atoms with Crippen LogP contribution in [0.5, 0.6) is 0 Å². The molecule has 0 bridgehead atoms. The number of rotatable bonds is 1. The van der Waals surface area contributed by atoms with Crippen molar-refractivity contribution in [3.05, 3.63) is 0 Å². The van der Waals surface area contributed by atoms with Gasteiger partial charge < -0.3 is 9.64 Å². The number of hydrogen-bond donors (Lipinski definition) is 1. The van der Waals surface area contributed by atoms with Gasteiger partial charge in [0.25, 0.3) is 0 Å². The molecule has 0 unspecified atom stereocenters. The second kappa shape index (κ2) is 3.05. The molecule has 1 aliphatic rings. The fourth-order valence-electron chi connectivity index (χ4n) is 1.01. The SMILES string of the molecule is CC[NH+]1CCOCC1. The molecule has 1 N–H and O–H groups in total. The van der Waals surface area contributed by atoms with Crippen LogP contribution in [0.15, 0.2) is 0 Å². The van der Waals surface area contributed by atoms with E-state index in [0.29, 0.717) is 0 Å². The smallest absolute Gasteiger partial charge is 0.101 e. The van der Waals surface area contributed by atoms with Gasteiger partial charge in [0.2, 0.25) is 0 Å². The van der Waals surface area contributed by atoms with Crippen LogP contribution in [-0.4, -0.2) is 32.8 Å². The first-order chi connectivity index (χ1) is 3.93. The van der Waals surface area contributed by atoms with Crippen LogP contribution in [-0.2, 0) is 4.74 Å². The molecule has 8 heavy (non-hydrogen) atoms. The quantitative estimate of drug-likeness (QED) is 0.460. The van der Waals surface area contributed by atoms with Gasteiger partial charge in [-0.1, -0.05) is 0 Å². The van der Waals surface area contributed by atoms with Crippen LogP contribution < -0.4 is 4.90 Å². The number of nitrogens with one attached hydrogen (secondary N) is 1. The highest BCUT2D eigenvalue weighted by atomic mass is 16.5. The van der Waals surface area contributed by atoms with Crippen molar-refractivity contribution in [3.8, 4) is 0 Å². The van der Waals surface area contributed by atoms with Crippen LogP contribution in [0.2, 0.25) is 0 Å². The van der Waals surface area contributed by atoms with Crippen LogP contribution in [0.25, 0.3) is 0 Å². The molecule has 0 atom stereocenters. The Morgan fingerprint density at radius 2 is 2.00 bits per heavy atom. The molecular weight excluding hydrogens is 102 g/mol. The van der Waals surface area contributed by atoms with Gasteiger partial charge in [0.15, 0.2) is 0 Å². The van der Waals surface area contributed by atoms with Gasteiger partial charge in [-0.15, -0.1) is 0 Å². The number of morpholine rings is 1. The average molecular weight is 116 g/mol. The molecule has 1 fully saturated rings. The molecule has 0 saturated carbocycles. The molecule has 0 aromatic heterocycles. The van der Waals surface area contributed by atoms with Gasteiger partial charge in [0.1, 0.15) is 13.1 Å². The molecule has 0 aromatic carbocycles. The second-order valence-corrected chi connectivity index (χ2v) is 2.22. The lowest BCUT2D eigenvalue weighted by Crippen LogP contribution is -3.13. The molecule has 1 heterocycles. The lowest BCUT2D eigenvalue weighted by atomic mass is 10.4. The summed E-state index contributed by atoms with van der Waals surface area (Å²) in [7, 11) is 0. The van der Waals surface area contributed by atoms with Gasteiger partial charge in [0, 0.05) is 0 Å². The number of hydrogen-bond acceptors (Lipinski definition) is 1. The van der Waals surface area contributed by atoms with Gasteiger partial charge in [-0.05, 0) is 6.92 Å². The molecule has 1 aliphatic heterocycles. The summed E-state index contributed by atoms with van der Waals surface area (Å²) in [5.74, 6) is 0. The third kappa shape index (κ3) is 1.46. The molecule has 0 aromatic rings. The van der Waals surface area contributed by atoms with E-state index in [1.807, 2.05) is 0 Å². The first kappa shape index (κ1) is 6.05. The van der Waals surface area contributed by atoms with E-state index in [2.05, 4.69) is 6.92 Å². The summed E-state index contributed by atoms with van der Waals surface area (Å²) in [6.07, 6.45) is 0. The molecule has 0 amide bonds. The van der Waals surface area contributed by atoms with Crippen molar-refractivity contribution in [1.29, 1.82) is 0 Å². The lowest BCUT2D eigenvalue weighted by molar-refractivity contribution is -0.906.